The molecule has 1 aliphatic heterocycles. The van der Waals surface area contributed by atoms with Gasteiger partial charge in [0.1, 0.15) is 70.8 Å². The van der Waals surface area contributed by atoms with Gasteiger partial charge >= 0.3 is 5.97 Å². The lowest BCUT2D eigenvalue weighted by Gasteiger charge is -2.39. The molecule has 0 aliphatic carbocycles. The molecule has 1 saturated heterocycles. The summed E-state index contributed by atoms with van der Waals surface area (Å²) in [5, 5.41) is 60.5. The number of phenols is 3. The lowest BCUT2D eigenvalue weighted by molar-refractivity contribution is -0.278. The van der Waals surface area contributed by atoms with Gasteiger partial charge in [-0.3, -0.25) is 4.79 Å². The van der Waals surface area contributed by atoms with Crippen molar-refractivity contribution < 1.29 is 54.1 Å². The van der Waals surface area contributed by atoms with Crippen LogP contribution >= 0.6 is 0 Å². The van der Waals surface area contributed by atoms with Crippen molar-refractivity contribution in [3.8, 4) is 34.3 Å². The third kappa shape index (κ3) is 6.21. The molecule has 0 amide bonds. The van der Waals surface area contributed by atoms with Crippen LogP contribution < -0.4 is 10.2 Å². The molecule has 12 heteroatoms. The molecule has 6 N–H and O–H groups in total. The summed E-state index contributed by atoms with van der Waals surface area (Å²) in [6.45, 7) is -0.503. The fraction of sp³-hybridized carbons (Fsp3) is 0.200. The van der Waals surface area contributed by atoms with Crippen LogP contribution in [0, 0.1) is 0 Å². The molecule has 218 valence electrons. The maximum Gasteiger partial charge on any atom is 0.330 e. The van der Waals surface area contributed by atoms with Crippen LogP contribution in [-0.4, -0.2) is 73.9 Å². The predicted octanol–water partition coefficient (Wildman–Crippen LogP) is 2.02. The first-order valence-electron chi connectivity index (χ1n) is 12.7. The summed E-state index contributed by atoms with van der Waals surface area (Å²) in [6.07, 6.45) is -5.43. The summed E-state index contributed by atoms with van der Waals surface area (Å²) >= 11 is 0. The maximum absolute atomic E-state index is 12.7. The Kier molecular flexibility index (Phi) is 8.13. The molecule has 0 radical (unpaired) electrons. The third-order valence-corrected chi connectivity index (χ3v) is 6.55. The molecule has 0 bridgehead atoms. The van der Waals surface area contributed by atoms with Crippen LogP contribution in [0.15, 0.2) is 82.0 Å². The van der Waals surface area contributed by atoms with Crippen molar-refractivity contribution in [1.29, 1.82) is 0 Å². The summed E-state index contributed by atoms with van der Waals surface area (Å²) in [4.78, 5) is 24.9. The summed E-state index contributed by atoms with van der Waals surface area (Å²) < 4.78 is 22.2. The lowest BCUT2D eigenvalue weighted by atomic mass is 9.99. The van der Waals surface area contributed by atoms with Gasteiger partial charge in [-0.2, -0.15) is 0 Å². The Morgan fingerprint density at radius 1 is 0.857 bits per heavy atom. The normalized spacial score (nSPS) is 22.3. The van der Waals surface area contributed by atoms with Crippen LogP contribution in [-0.2, 0) is 14.3 Å². The molecular formula is C30H26O12. The summed E-state index contributed by atoms with van der Waals surface area (Å²) in [6, 6.07) is 15.5. The zero-order valence-electron chi connectivity index (χ0n) is 21.7. The minimum atomic E-state index is -1.74. The molecule has 1 aromatic heterocycles. The first-order valence-corrected chi connectivity index (χ1v) is 12.7. The van der Waals surface area contributed by atoms with Crippen LogP contribution in [0.25, 0.3) is 28.4 Å². The van der Waals surface area contributed by atoms with Crippen LogP contribution in [0.1, 0.15) is 5.56 Å². The zero-order valence-corrected chi connectivity index (χ0v) is 21.7. The topological polar surface area (TPSA) is 196 Å². The SMILES string of the molecule is O=C(/C=C/c1ccc(O)cc1)OCC1OC(Oc2cc(O)c3c(=O)cc(-c4ccc(O)cc4)oc3c2)C(O)C(O)C1O. The van der Waals surface area contributed by atoms with E-state index in [1.165, 1.54) is 54.6 Å². The second-order valence-electron chi connectivity index (χ2n) is 9.52. The molecule has 0 spiro atoms. The fourth-order valence-electron chi connectivity index (χ4n) is 4.33. The number of aromatic hydroxyl groups is 3. The van der Waals surface area contributed by atoms with Crippen molar-refractivity contribution in [1.82, 2.24) is 0 Å². The minimum Gasteiger partial charge on any atom is -0.508 e. The van der Waals surface area contributed by atoms with Crippen molar-refractivity contribution in [2.45, 2.75) is 30.7 Å². The molecule has 5 unspecified atom stereocenters. The van der Waals surface area contributed by atoms with E-state index in [4.69, 9.17) is 18.6 Å². The molecule has 1 fully saturated rings. The Labute approximate surface area is 237 Å². The van der Waals surface area contributed by atoms with Gasteiger partial charge in [0.05, 0.1) is 0 Å². The number of carbonyl (C=O) groups is 1. The molecule has 0 saturated carbocycles. The molecule has 1 aliphatic rings. The number of esters is 1. The average Bonchev–Trinajstić information content (AvgIpc) is 2.96. The monoisotopic (exact) mass is 578 g/mol. The third-order valence-electron chi connectivity index (χ3n) is 6.55. The van der Waals surface area contributed by atoms with E-state index in [0.29, 0.717) is 11.1 Å². The first kappa shape index (κ1) is 28.6. The highest BCUT2D eigenvalue weighted by Gasteiger charge is 2.45. The number of hydrogen-bond acceptors (Lipinski definition) is 12. The smallest absolute Gasteiger partial charge is 0.330 e. The van der Waals surface area contributed by atoms with Crippen molar-refractivity contribution in [2.24, 2.45) is 0 Å². The Bertz CT molecular complexity index is 1660. The van der Waals surface area contributed by atoms with Gasteiger partial charge in [0.15, 0.2) is 5.43 Å². The van der Waals surface area contributed by atoms with Crippen LogP contribution in [0.5, 0.6) is 23.0 Å². The summed E-state index contributed by atoms with van der Waals surface area (Å²) in [5.74, 6) is -1.13. The number of fused-ring (bicyclic) bond motifs is 1. The Balaban J connectivity index is 1.31. The Hall–Kier alpha value is -4.88. The Morgan fingerprint density at radius 3 is 2.21 bits per heavy atom. The van der Waals surface area contributed by atoms with Gasteiger partial charge in [0, 0.05) is 29.8 Å². The number of phenolic OH excluding ortho intramolecular Hbond substituents is 3. The highest BCUT2D eigenvalue weighted by Crippen LogP contribution is 2.33. The molecule has 2 heterocycles. The van der Waals surface area contributed by atoms with E-state index >= 15 is 0 Å². The van der Waals surface area contributed by atoms with Gasteiger partial charge in [0.2, 0.25) is 6.29 Å². The van der Waals surface area contributed by atoms with Crippen LogP contribution in [0.2, 0.25) is 0 Å². The van der Waals surface area contributed by atoms with E-state index in [1.54, 1.807) is 12.1 Å². The number of carbonyl (C=O) groups excluding carboxylic acids is 1. The van der Waals surface area contributed by atoms with Gasteiger partial charge < -0.3 is 49.3 Å². The molecule has 5 rings (SSSR count). The van der Waals surface area contributed by atoms with Gasteiger partial charge in [-0.1, -0.05) is 12.1 Å². The molecule has 42 heavy (non-hydrogen) atoms. The van der Waals surface area contributed by atoms with Crippen molar-refractivity contribution in [3.63, 3.8) is 0 Å². The molecule has 4 aromatic rings. The van der Waals surface area contributed by atoms with Gasteiger partial charge in [-0.25, -0.2) is 4.79 Å². The highest BCUT2D eigenvalue weighted by atomic mass is 16.7. The predicted molar refractivity (Wildman–Crippen MR) is 147 cm³/mol. The number of rotatable bonds is 7. The molecule has 12 nitrogen and oxygen atoms in total. The second kappa shape index (κ2) is 11.9. The van der Waals surface area contributed by atoms with Gasteiger partial charge in [-0.05, 0) is 48.0 Å². The standard InChI is InChI=1S/C30H26O12/c31-17-6-1-15(2-7-17)3-10-25(35)39-14-24-27(36)28(37)29(38)30(42-24)40-19-11-20(33)26-21(34)13-22(41-23(26)12-19)16-4-8-18(32)9-5-16/h1-13,24,27-33,36-38H,14H2/b10-3+. The number of ether oxygens (including phenoxy) is 3. The van der Waals surface area contributed by atoms with E-state index in [0.717, 1.165) is 12.1 Å². The number of aliphatic hydroxyl groups excluding tert-OH is 3. The van der Waals surface area contributed by atoms with E-state index in [1.807, 2.05) is 0 Å². The zero-order chi connectivity index (χ0) is 30.0. The quantitative estimate of drug-likeness (QED) is 0.138. The molecule has 5 atom stereocenters. The number of hydrogen-bond donors (Lipinski definition) is 6. The van der Waals surface area contributed by atoms with E-state index in [-0.39, 0.29) is 34.0 Å². The first-order chi connectivity index (χ1) is 20.1. The van der Waals surface area contributed by atoms with E-state index in [9.17, 15) is 40.2 Å². The summed E-state index contributed by atoms with van der Waals surface area (Å²) in [5.41, 5.74) is 0.501. The molecular weight excluding hydrogens is 552 g/mol. The average molecular weight is 579 g/mol. The van der Waals surface area contributed by atoms with E-state index in [2.05, 4.69) is 0 Å². The number of aliphatic hydroxyl groups is 3. The van der Waals surface area contributed by atoms with Gasteiger partial charge in [0.25, 0.3) is 0 Å². The van der Waals surface area contributed by atoms with Crippen LogP contribution in [0.4, 0.5) is 0 Å². The minimum absolute atomic E-state index is 0.0205. The molecule has 3 aromatic carbocycles. The van der Waals surface area contributed by atoms with Crippen molar-refractivity contribution in [3.05, 3.63) is 88.6 Å². The lowest BCUT2D eigenvalue weighted by Crippen LogP contribution is -2.60. The second-order valence-corrected chi connectivity index (χ2v) is 9.52. The van der Waals surface area contributed by atoms with Crippen molar-refractivity contribution in [2.75, 3.05) is 6.61 Å². The van der Waals surface area contributed by atoms with E-state index < -0.39 is 54.5 Å². The van der Waals surface area contributed by atoms with Gasteiger partial charge in [-0.15, -0.1) is 0 Å². The number of benzene rings is 3. The summed E-state index contributed by atoms with van der Waals surface area (Å²) in [7, 11) is 0. The maximum atomic E-state index is 12.7. The fourth-order valence-corrected chi connectivity index (χ4v) is 4.33. The van der Waals surface area contributed by atoms with Crippen LogP contribution in [0.3, 0.4) is 0 Å². The van der Waals surface area contributed by atoms with Crippen molar-refractivity contribution >= 4 is 23.0 Å². The Morgan fingerprint density at radius 2 is 1.52 bits per heavy atom. The highest BCUT2D eigenvalue weighted by molar-refractivity contribution is 5.87. The largest absolute Gasteiger partial charge is 0.508 e.